The number of methoxy groups -OCH3 is 1. The molecule has 0 saturated carbocycles. The minimum atomic E-state index is 0.443. The van der Waals surface area contributed by atoms with Crippen LogP contribution in [-0.4, -0.2) is 60.7 Å². The molecular weight excluding hydrogens is 230 g/mol. The molecule has 2 N–H and O–H groups in total. The van der Waals surface area contributed by atoms with Crippen LogP contribution in [0.2, 0.25) is 0 Å². The fraction of sp³-hybridized carbons (Fsp3) is 0.667. The van der Waals surface area contributed by atoms with Gasteiger partial charge in [-0.1, -0.05) is 0 Å². The lowest BCUT2D eigenvalue weighted by Gasteiger charge is -2.37. The molecule has 1 fully saturated rings. The monoisotopic (exact) mass is 251 g/mol. The van der Waals surface area contributed by atoms with Crippen molar-refractivity contribution >= 4 is 5.95 Å². The van der Waals surface area contributed by atoms with Crippen LogP contribution in [0, 0.1) is 0 Å². The summed E-state index contributed by atoms with van der Waals surface area (Å²) in [5.41, 5.74) is 5.69. The van der Waals surface area contributed by atoms with Gasteiger partial charge in [0.2, 0.25) is 11.8 Å². The van der Waals surface area contributed by atoms with Crippen molar-refractivity contribution in [1.29, 1.82) is 0 Å². The maximum atomic E-state index is 5.69. The van der Waals surface area contributed by atoms with Crippen LogP contribution in [0.3, 0.4) is 0 Å². The van der Waals surface area contributed by atoms with E-state index in [0.29, 0.717) is 18.5 Å². The van der Waals surface area contributed by atoms with E-state index in [1.165, 1.54) is 0 Å². The van der Waals surface area contributed by atoms with Gasteiger partial charge in [-0.3, -0.25) is 4.90 Å². The smallest absolute Gasteiger partial charge is 0.228 e. The van der Waals surface area contributed by atoms with Gasteiger partial charge in [-0.25, -0.2) is 4.98 Å². The molecule has 1 aromatic heterocycles. The lowest BCUT2D eigenvalue weighted by Crippen LogP contribution is -2.51. The average molecular weight is 251 g/mol. The van der Waals surface area contributed by atoms with Crippen LogP contribution in [0.5, 0.6) is 5.88 Å². The van der Waals surface area contributed by atoms with E-state index in [0.717, 1.165) is 32.1 Å². The molecule has 1 saturated heterocycles. The molecule has 100 valence electrons. The molecular formula is C12H21N5O. The van der Waals surface area contributed by atoms with E-state index in [-0.39, 0.29) is 0 Å². The normalized spacial score (nSPS) is 18.7. The van der Waals surface area contributed by atoms with Crippen LogP contribution in [0.15, 0.2) is 12.3 Å². The summed E-state index contributed by atoms with van der Waals surface area (Å²) in [7, 11) is 1.62. The number of ether oxygens (including phenoxy) is 1. The third kappa shape index (κ3) is 2.88. The van der Waals surface area contributed by atoms with E-state index < -0.39 is 0 Å². The number of nitrogens with two attached hydrogens (primary N) is 1. The van der Waals surface area contributed by atoms with Crippen LogP contribution >= 0.6 is 0 Å². The molecule has 1 aliphatic rings. The summed E-state index contributed by atoms with van der Waals surface area (Å²) in [5.74, 6) is 1.35. The number of hydrogen-bond donors (Lipinski definition) is 1. The molecule has 0 spiro atoms. The zero-order valence-corrected chi connectivity index (χ0v) is 11.0. The van der Waals surface area contributed by atoms with E-state index in [9.17, 15) is 0 Å². The Kier molecular flexibility index (Phi) is 4.33. The predicted octanol–water partition coefficient (Wildman–Crippen LogP) is -0.0456. The van der Waals surface area contributed by atoms with Crippen molar-refractivity contribution < 1.29 is 4.74 Å². The second kappa shape index (κ2) is 5.97. The molecule has 0 aromatic carbocycles. The van der Waals surface area contributed by atoms with Gasteiger partial charge in [0.15, 0.2) is 0 Å². The van der Waals surface area contributed by atoms with Gasteiger partial charge < -0.3 is 15.4 Å². The second-order valence-corrected chi connectivity index (χ2v) is 4.51. The lowest BCUT2D eigenvalue weighted by atomic mass is 10.2. The Morgan fingerprint density at radius 2 is 2.11 bits per heavy atom. The molecule has 18 heavy (non-hydrogen) atoms. The molecule has 1 aromatic rings. The van der Waals surface area contributed by atoms with Gasteiger partial charge >= 0.3 is 0 Å². The van der Waals surface area contributed by atoms with Crippen LogP contribution in [0.4, 0.5) is 5.95 Å². The Morgan fingerprint density at radius 3 is 2.72 bits per heavy atom. The highest BCUT2D eigenvalue weighted by molar-refractivity contribution is 5.32. The van der Waals surface area contributed by atoms with Crippen molar-refractivity contribution in [2.75, 3.05) is 44.7 Å². The second-order valence-electron chi connectivity index (χ2n) is 4.51. The minimum absolute atomic E-state index is 0.443. The molecule has 2 rings (SSSR count). The number of hydrogen-bond acceptors (Lipinski definition) is 6. The molecule has 0 amide bonds. The third-order valence-electron chi connectivity index (χ3n) is 3.39. The fourth-order valence-corrected chi connectivity index (χ4v) is 2.11. The van der Waals surface area contributed by atoms with E-state index in [2.05, 4.69) is 26.7 Å². The largest absolute Gasteiger partial charge is 0.481 e. The number of rotatable bonds is 4. The van der Waals surface area contributed by atoms with Crippen molar-refractivity contribution in [1.82, 2.24) is 14.9 Å². The maximum absolute atomic E-state index is 5.69. The Bertz CT molecular complexity index is 378. The van der Waals surface area contributed by atoms with E-state index in [4.69, 9.17) is 10.5 Å². The Morgan fingerprint density at radius 1 is 1.39 bits per heavy atom. The number of piperazine rings is 1. The van der Waals surface area contributed by atoms with Gasteiger partial charge in [0.25, 0.3) is 0 Å². The highest BCUT2D eigenvalue weighted by Crippen LogP contribution is 2.15. The van der Waals surface area contributed by atoms with Crippen molar-refractivity contribution in [3.8, 4) is 5.88 Å². The highest BCUT2D eigenvalue weighted by atomic mass is 16.5. The quantitative estimate of drug-likeness (QED) is 0.809. The van der Waals surface area contributed by atoms with Crippen LogP contribution in [0.25, 0.3) is 0 Å². The molecule has 1 aliphatic heterocycles. The lowest BCUT2D eigenvalue weighted by molar-refractivity contribution is 0.200. The predicted molar refractivity (Wildman–Crippen MR) is 70.9 cm³/mol. The highest BCUT2D eigenvalue weighted by Gasteiger charge is 2.21. The van der Waals surface area contributed by atoms with Crippen molar-refractivity contribution in [2.45, 2.75) is 13.0 Å². The van der Waals surface area contributed by atoms with Crippen LogP contribution in [-0.2, 0) is 0 Å². The van der Waals surface area contributed by atoms with Crippen molar-refractivity contribution in [2.24, 2.45) is 5.73 Å². The zero-order valence-electron chi connectivity index (χ0n) is 11.0. The van der Waals surface area contributed by atoms with Crippen LogP contribution in [0.1, 0.15) is 6.92 Å². The Hall–Kier alpha value is -1.40. The fourth-order valence-electron chi connectivity index (χ4n) is 2.11. The Labute approximate surface area is 108 Å². The molecule has 0 bridgehead atoms. The summed E-state index contributed by atoms with van der Waals surface area (Å²) in [6.45, 7) is 6.72. The number of aromatic nitrogens is 2. The van der Waals surface area contributed by atoms with Crippen LogP contribution < -0.4 is 15.4 Å². The molecule has 1 atom stereocenters. The zero-order chi connectivity index (χ0) is 13.0. The maximum Gasteiger partial charge on any atom is 0.228 e. The van der Waals surface area contributed by atoms with Gasteiger partial charge in [0, 0.05) is 51.0 Å². The molecule has 0 radical (unpaired) electrons. The summed E-state index contributed by atoms with van der Waals surface area (Å²) in [5, 5.41) is 0. The standard InChI is InChI=1S/C12H21N5O/c1-10(9-13)16-5-7-17(8-6-16)12-14-4-3-11(15-12)18-2/h3-4,10H,5-9,13H2,1-2H3. The molecule has 6 nitrogen and oxygen atoms in total. The Balaban J connectivity index is 1.96. The van der Waals surface area contributed by atoms with Gasteiger partial charge in [-0.15, -0.1) is 0 Å². The number of nitrogens with zero attached hydrogens (tertiary/aromatic N) is 4. The summed E-state index contributed by atoms with van der Waals surface area (Å²) >= 11 is 0. The SMILES string of the molecule is COc1ccnc(N2CCN(C(C)CN)CC2)n1. The molecule has 1 unspecified atom stereocenters. The van der Waals surface area contributed by atoms with E-state index in [1.807, 2.05) is 0 Å². The first-order chi connectivity index (χ1) is 8.74. The van der Waals surface area contributed by atoms with Gasteiger partial charge in [-0.2, -0.15) is 4.98 Å². The minimum Gasteiger partial charge on any atom is -0.481 e. The first-order valence-electron chi connectivity index (χ1n) is 6.30. The topological polar surface area (TPSA) is 67.5 Å². The summed E-state index contributed by atoms with van der Waals surface area (Å²) in [4.78, 5) is 13.2. The molecule has 6 heteroatoms. The number of anilines is 1. The first-order valence-corrected chi connectivity index (χ1v) is 6.30. The van der Waals surface area contributed by atoms with Gasteiger partial charge in [0.1, 0.15) is 0 Å². The first kappa shape index (κ1) is 13.0. The molecule has 2 heterocycles. The third-order valence-corrected chi connectivity index (χ3v) is 3.39. The summed E-state index contributed by atoms with van der Waals surface area (Å²) < 4.78 is 5.12. The summed E-state index contributed by atoms with van der Waals surface area (Å²) in [6.07, 6.45) is 1.73. The van der Waals surface area contributed by atoms with E-state index >= 15 is 0 Å². The van der Waals surface area contributed by atoms with Crippen molar-refractivity contribution in [3.05, 3.63) is 12.3 Å². The van der Waals surface area contributed by atoms with Gasteiger partial charge in [-0.05, 0) is 6.92 Å². The summed E-state index contributed by atoms with van der Waals surface area (Å²) in [6, 6.07) is 2.20. The average Bonchev–Trinajstić information content (AvgIpc) is 2.46. The van der Waals surface area contributed by atoms with Gasteiger partial charge in [0.05, 0.1) is 7.11 Å². The molecule has 0 aliphatic carbocycles. The van der Waals surface area contributed by atoms with E-state index in [1.54, 1.807) is 19.4 Å². The van der Waals surface area contributed by atoms with Crippen molar-refractivity contribution in [3.63, 3.8) is 0 Å².